The van der Waals surface area contributed by atoms with E-state index in [1.165, 1.54) is 6.07 Å². The Balaban J connectivity index is 1.83. The average molecular weight is 306 g/mol. The maximum absolute atomic E-state index is 13.6. The SMILES string of the molecule is Cn1ccc(Cn2ccc(-c3ccc(C(F)F)c(F)c3)n2)n1. The van der Waals surface area contributed by atoms with Crippen molar-refractivity contribution in [2.24, 2.45) is 7.05 Å². The number of benzene rings is 1. The van der Waals surface area contributed by atoms with Gasteiger partial charge in [0.2, 0.25) is 0 Å². The molecular formula is C15H13F3N4. The Morgan fingerprint density at radius 1 is 1.09 bits per heavy atom. The van der Waals surface area contributed by atoms with Crippen LogP contribution in [0.25, 0.3) is 11.3 Å². The Labute approximate surface area is 124 Å². The van der Waals surface area contributed by atoms with Crippen molar-refractivity contribution in [3.05, 3.63) is 59.8 Å². The van der Waals surface area contributed by atoms with Crippen LogP contribution in [0.15, 0.2) is 42.7 Å². The molecule has 3 rings (SSSR count). The quantitative estimate of drug-likeness (QED) is 0.740. The van der Waals surface area contributed by atoms with Crippen LogP contribution in [-0.2, 0) is 13.6 Å². The van der Waals surface area contributed by atoms with Crippen molar-refractivity contribution < 1.29 is 13.2 Å². The molecule has 0 amide bonds. The summed E-state index contributed by atoms with van der Waals surface area (Å²) >= 11 is 0. The summed E-state index contributed by atoms with van der Waals surface area (Å²) in [5.74, 6) is -0.924. The first-order valence-corrected chi connectivity index (χ1v) is 6.63. The number of hydrogen-bond donors (Lipinski definition) is 0. The molecule has 0 aliphatic carbocycles. The number of alkyl halides is 2. The first-order valence-electron chi connectivity index (χ1n) is 6.63. The number of halogens is 3. The van der Waals surface area contributed by atoms with Crippen LogP contribution >= 0.6 is 0 Å². The smallest absolute Gasteiger partial charge is 0.266 e. The second-order valence-corrected chi connectivity index (χ2v) is 4.92. The maximum atomic E-state index is 13.6. The molecule has 3 aromatic rings. The maximum Gasteiger partial charge on any atom is 0.266 e. The number of hydrogen-bond acceptors (Lipinski definition) is 2. The number of aryl methyl sites for hydroxylation is 1. The van der Waals surface area contributed by atoms with Gasteiger partial charge >= 0.3 is 0 Å². The van der Waals surface area contributed by atoms with Gasteiger partial charge < -0.3 is 0 Å². The largest absolute Gasteiger partial charge is 0.275 e. The van der Waals surface area contributed by atoms with Gasteiger partial charge in [-0.25, -0.2) is 13.2 Å². The summed E-state index contributed by atoms with van der Waals surface area (Å²) < 4.78 is 42.1. The van der Waals surface area contributed by atoms with Gasteiger partial charge in [0, 0.05) is 25.0 Å². The van der Waals surface area contributed by atoms with Gasteiger partial charge in [-0.05, 0) is 24.3 Å². The third kappa shape index (κ3) is 2.88. The van der Waals surface area contributed by atoms with Crippen molar-refractivity contribution in [2.45, 2.75) is 13.0 Å². The molecule has 0 saturated carbocycles. The minimum atomic E-state index is -2.82. The molecule has 0 radical (unpaired) electrons. The zero-order chi connectivity index (χ0) is 15.7. The first-order chi connectivity index (χ1) is 10.5. The molecule has 0 saturated heterocycles. The molecule has 0 spiro atoms. The molecule has 0 unspecified atom stereocenters. The van der Waals surface area contributed by atoms with Crippen LogP contribution in [0.5, 0.6) is 0 Å². The molecule has 1 aromatic carbocycles. The second kappa shape index (κ2) is 5.67. The van der Waals surface area contributed by atoms with Crippen molar-refractivity contribution in [3.8, 4) is 11.3 Å². The normalized spacial score (nSPS) is 11.3. The molecule has 0 aliphatic heterocycles. The molecule has 0 aliphatic rings. The summed E-state index contributed by atoms with van der Waals surface area (Å²) in [4.78, 5) is 0. The van der Waals surface area contributed by atoms with Crippen molar-refractivity contribution >= 4 is 0 Å². The number of rotatable bonds is 4. The molecule has 2 aromatic heterocycles. The van der Waals surface area contributed by atoms with E-state index < -0.39 is 17.8 Å². The van der Waals surface area contributed by atoms with Crippen LogP contribution in [0.2, 0.25) is 0 Å². The average Bonchev–Trinajstić information content (AvgIpc) is 3.08. The van der Waals surface area contributed by atoms with E-state index in [1.54, 1.807) is 21.6 Å². The molecule has 4 nitrogen and oxygen atoms in total. The summed E-state index contributed by atoms with van der Waals surface area (Å²) in [6, 6.07) is 7.19. The van der Waals surface area contributed by atoms with Crippen molar-refractivity contribution in [2.75, 3.05) is 0 Å². The van der Waals surface area contributed by atoms with Gasteiger partial charge in [0.1, 0.15) is 5.82 Å². The van der Waals surface area contributed by atoms with Gasteiger partial charge in [-0.15, -0.1) is 0 Å². The molecule has 0 atom stereocenters. The predicted molar refractivity (Wildman–Crippen MR) is 74.9 cm³/mol. The van der Waals surface area contributed by atoms with E-state index in [2.05, 4.69) is 10.2 Å². The van der Waals surface area contributed by atoms with E-state index in [-0.39, 0.29) is 0 Å². The van der Waals surface area contributed by atoms with Crippen LogP contribution in [0.1, 0.15) is 17.7 Å². The predicted octanol–water partition coefficient (Wildman–Crippen LogP) is 3.41. The molecule has 114 valence electrons. The van der Waals surface area contributed by atoms with Crippen molar-refractivity contribution in [1.29, 1.82) is 0 Å². The molecule has 22 heavy (non-hydrogen) atoms. The van der Waals surface area contributed by atoms with E-state index in [9.17, 15) is 13.2 Å². The minimum absolute atomic E-state index is 0.460. The fraction of sp³-hybridized carbons (Fsp3) is 0.200. The van der Waals surface area contributed by atoms with Gasteiger partial charge in [0.25, 0.3) is 6.43 Å². The van der Waals surface area contributed by atoms with Gasteiger partial charge in [0.15, 0.2) is 0 Å². The molecular weight excluding hydrogens is 293 g/mol. The molecule has 0 bridgehead atoms. The fourth-order valence-electron chi connectivity index (χ4n) is 2.18. The lowest BCUT2D eigenvalue weighted by Crippen LogP contribution is -2.02. The summed E-state index contributed by atoms with van der Waals surface area (Å²) in [6.45, 7) is 0.485. The lowest BCUT2D eigenvalue weighted by atomic mass is 10.1. The molecule has 0 N–H and O–H groups in total. The summed E-state index contributed by atoms with van der Waals surface area (Å²) in [5.41, 5.74) is 1.23. The minimum Gasteiger partial charge on any atom is -0.275 e. The fourth-order valence-corrected chi connectivity index (χ4v) is 2.18. The third-order valence-electron chi connectivity index (χ3n) is 3.26. The van der Waals surface area contributed by atoms with Crippen molar-refractivity contribution in [1.82, 2.24) is 19.6 Å². The Morgan fingerprint density at radius 3 is 2.55 bits per heavy atom. The Bertz CT molecular complexity index is 792. The highest BCUT2D eigenvalue weighted by Gasteiger charge is 2.14. The molecule has 2 heterocycles. The Hall–Kier alpha value is -2.57. The molecule has 7 heteroatoms. The third-order valence-corrected chi connectivity index (χ3v) is 3.26. The summed E-state index contributed by atoms with van der Waals surface area (Å²) in [7, 11) is 1.82. The number of nitrogens with zero attached hydrogens (tertiary/aromatic N) is 4. The van der Waals surface area contributed by atoms with Crippen LogP contribution < -0.4 is 0 Å². The zero-order valence-corrected chi connectivity index (χ0v) is 11.7. The standard InChI is InChI=1S/C15H13F3N4/c1-21-6-4-11(19-21)9-22-7-5-14(20-22)10-2-3-12(15(17)18)13(16)8-10/h2-8,15H,9H2,1H3. The summed E-state index contributed by atoms with van der Waals surface area (Å²) in [5, 5.41) is 8.56. The van der Waals surface area contributed by atoms with Crippen LogP contribution in [-0.4, -0.2) is 19.6 Å². The first kappa shape index (κ1) is 14.4. The lowest BCUT2D eigenvalue weighted by molar-refractivity contribution is 0.146. The summed E-state index contributed by atoms with van der Waals surface area (Å²) in [6.07, 6.45) is 0.747. The van der Waals surface area contributed by atoms with E-state index in [4.69, 9.17) is 0 Å². The van der Waals surface area contributed by atoms with Crippen LogP contribution in [0, 0.1) is 5.82 Å². The van der Waals surface area contributed by atoms with Crippen LogP contribution in [0.3, 0.4) is 0 Å². The Kier molecular flexibility index (Phi) is 3.70. The van der Waals surface area contributed by atoms with E-state index >= 15 is 0 Å². The van der Waals surface area contributed by atoms with Crippen molar-refractivity contribution in [3.63, 3.8) is 0 Å². The highest BCUT2D eigenvalue weighted by molar-refractivity contribution is 5.59. The van der Waals surface area contributed by atoms with Gasteiger partial charge in [-0.2, -0.15) is 10.2 Å². The topological polar surface area (TPSA) is 35.6 Å². The highest BCUT2D eigenvalue weighted by Crippen LogP contribution is 2.26. The van der Waals surface area contributed by atoms with Gasteiger partial charge in [-0.1, -0.05) is 6.07 Å². The van der Waals surface area contributed by atoms with Crippen LogP contribution in [0.4, 0.5) is 13.2 Å². The van der Waals surface area contributed by atoms with E-state index in [0.717, 1.165) is 17.8 Å². The van der Waals surface area contributed by atoms with Gasteiger partial charge in [-0.3, -0.25) is 9.36 Å². The highest BCUT2D eigenvalue weighted by atomic mass is 19.3. The van der Waals surface area contributed by atoms with Gasteiger partial charge in [0.05, 0.1) is 23.5 Å². The monoisotopic (exact) mass is 306 g/mol. The van der Waals surface area contributed by atoms with E-state index in [1.807, 2.05) is 19.3 Å². The Morgan fingerprint density at radius 2 is 1.91 bits per heavy atom. The van der Waals surface area contributed by atoms with E-state index in [0.29, 0.717) is 17.8 Å². The number of aromatic nitrogens is 4. The molecule has 0 fully saturated rings. The second-order valence-electron chi connectivity index (χ2n) is 4.92. The zero-order valence-electron chi connectivity index (χ0n) is 11.7. The lowest BCUT2D eigenvalue weighted by Gasteiger charge is -2.03.